The van der Waals surface area contributed by atoms with Crippen molar-refractivity contribution < 1.29 is 4.79 Å². The van der Waals surface area contributed by atoms with Crippen molar-refractivity contribution in [2.75, 3.05) is 18.4 Å². The maximum absolute atomic E-state index is 12.6. The Morgan fingerprint density at radius 3 is 2.85 bits per heavy atom. The number of hydrogen-bond acceptors (Lipinski definition) is 5. The average molecular weight is 386 g/mol. The number of carbonyl (C=O) groups excluding carboxylic acids is 1. The zero-order chi connectivity index (χ0) is 18.8. The summed E-state index contributed by atoms with van der Waals surface area (Å²) in [7, 11) is 1.77. The topological polar surface area (TPSA) is 101 Å². The first-order valence-corrected chi connectivity index (χ1v) is 9.23. The molecule has 0 unspecified atom stereocenters. The molecule has 140 valence electrons. The Bertz CT molecular complexity index is 958. The number of benzene rings is 1. The molecule has 1 aliphatic heterocycles. The largest absolute Gasteiger partial charge is 0.317 e. The summed E-state index contributed by atoms with van der Waals surface area (Å²) in [4.78, 5) is 17.1. The quantitative estimate of drug-likeness (QED) is 0.640. The van der Waals surface area contributed by atoms with Gasteiger partial charge in [0.25, 0.3) is 5.91 Å². The lowest BCUT2D eigenvalue weighted by Gasteiger charge is -2.19. The Kier molecular flexibility index (Phi) is 4.91. The summed E-state index contributed by atoms with van der Waals surface area (Å²) in [5.41, 5.74) is 1.71. The van der Waals surface area contributed by atoms with E-state index in [1.807, 2.05) is 18.2 Å². The molecule has 0 bridgehead atoms. The van der Waals surface area contributed by atoms with Crippen LogP contribution < -0.4 is 10.6 Å². The van der Waals surface area contributed by atoms with Crippen LogP contribution in [0.15, 0.2) is 30.3 Å². The summed E-state index contributed by atoms with van der Waals surface area (Å²) >= 11 is 6.19. The van der Waals surface area contributed by atoms with E-state index in [9.17, 15) is 4.79 Å². The minimum Gasteiger partial charge on any atom is -0.317 e. The van der Waals surface area contributed by atoms with Crippen molar-refractivity contribution >= 4 is 23.5 Å². The number of halogens is 1. The van der Waals surface area contributed by atoms with Crippen molar-refractivity contribution in [1.82, 2.24) is 30.3 Å². The summed E-state index contributed by atoms with van der Waals surface area (Å²) < 4.78 is 1.60. The highest BCUT2D eigenvalue weighted by Crippen LogP contribution is 2.26. The normalized spacial score (nSPS) is 15.0. The molecule has 1 aliphatic rings. The van der Waals surface area contributed by atoms with Crippen molar-refractivity contribution in [3.8, 4) is 11.3 Å². The van der Waals surface area contributed by atoms with Crippen LogP contribution >= 0.6 is 11.6 Å². The first kappa shape index (κ1) is 17.7. The SMILES string of the molecule is Cn1nc(C2CCNCC2)nc1NC(=O)c1cc(-c2ccccc2Cl)n[nH]1. The van der Waals surface area contributed by atoms with Crippen molar-refractivity contribution in [3.63, 3.8) is 0 Å². The van der Waals surface area contributed by atoms with Gasteiger partial charge < -0.3 is 5.32 Å². The fraction of sp³-hybridized carbons (Fsp3) is 0.333. The number of aryl methyl sites for hydroxylation is 1. The van der Waals surface area contributed by atoms with Gasteiger partial charge in [-0.05, 0) is 38.1 Å². The smallest absolute Gasteiger partial charge is 0.276 e. The van der Waals surface area contributed by atoms with E-state index >= 15 is 0 Å². The van der Waals surface area contributed by atoms with Crippen molar-refractivity contribution in [3.05, 3.63) is 46.9 Å². The van der Waals surface area contributed by atoms with Gasteiger partial charge in [0.1, 0.15) is 5.69 Å². The molecule has 27 heavy (non-hydrogen) atoms. The van der Waals surface area contributed by atoms with E-state index in [4.69, 9.17) is 11.6 Å². The zero-order valence-corrected chi connectivity index (χ0v) is 15.6. The number of anilines is 1. The molecule has 1 saturated heterocycles. The third kappa shape index (κ3) is 3.72. The van der Waals surface area contributed by atoms with Gasteiger partial charge in [-0.2, -0.15) is 15.2 Å². The molecule has 0 aliphatic carbocycles. The first-order valence-electron chi connectivity index (χ1n) is 8.85. The second kappa shape index (κ2) is 7.50. The summed E-state index contributed by atoms with van der Waals surface area (Å²) in [6, 6.07) is 9.03. The van der Waals surface area contributed by atoms with Gasteiger partial charge in [-0.15, -0.1) is 0 Å². The van der Waals surface area contributed by atoms with E-state index in [-0.39, 0.29) is 5.91 Å². The molecular weight excluding hydrogens is 366 g/mol. The van der Waals surface area contributed by atoms with Crippen molar-refractivity contribution in [2.24, 2.45) is 7.05 Å². The lowest BCUT2D eigenvalue weighted by molar-refractivity contribution is 0.102. The van der Waals surface area contributed by atoms with Crippen LogP contribution in [0.4, 0.5) is 5.95 Å². The Hall–Kier alpha value is -2.71. The fourth-order valence-electron chi connectivity index (χ4n) is 3.18. The Labute approximate surface area is 161 Å². The van der Waals surface area contributed by atoms with E-state index in [0.29, 0.717) is 28.3 Å². The van der Waals surface area contributed by atoms with E-state index in [1.54, 1.807) is 23.9 Å². The van der Waals surface area contributed by atoms with E-state index < -0.39 is 0 Å². The van der Waals surface area contributed by atoms with E-state index in [0.717, 1.165) is 37.3 Å². The van der Waals surface area contributed by atoms with Gasteiger partial charge in [-0.3, -0.25) is 15.2 Å². The highest BCUT2D eigenvalue weighted by molar-refractivity contribution is 6.33. The monoisotopic (exact) mass is 385 g/mol. The number of aromatic amines is 1. The average Bonchev–Trinajstić information content (AvgIpc) is 3.30. The lowest BCUT2D eigenvalue weighted by Crippen LogP contribution is -2.27. The predicted molar refractivity (Wildman–Crippen MR) is 103 cm³/mol. The van der Waals surface area contributed by atoms with Crippen molar-refractivity contribution in [2.45, 2.75) is 18.8 Å². The fourth-order valence-corrected chi connectivity index (χ4v) is 3.41. The second-order valence-corrected chi connectivity index (χ2v) is 6.95. The number of nitrogens with zero attached hydrogens (tertiary/aromatic N) is 4. The molecule has 4 rings (SSSR count). The van der Waals surface area contributed by atoms with Gasteiger partial charge in [-0.1, -0.05) is 29.8 Å². The molecular formula is C18H20ClN7O. The predicted octanol–water partition coefficient (Wildman–Crippen LogP) is 2.58. The third-order valence-corrected chi connectivity index (χ3v) is 5.01. The molecule has 0 radical (unpaired) electrons. The highest BCUT2D eigenvalue weighted by Gasteiger charge is 2.22. The van der Waals surface area contributed by atoms with Crippen LogP contribution in [0.5, 0.6) is 0 Å². The number of amides is 1. The molecule has 1 amide bonds. The summed E-state index contributed by atoms with van der Waals surface area (Å²) in [6.45, 7) is 1.92. The van der Waals surface area contributed by atoms with Gasteiger partial charge in [0.05, 0.1) is 10.7 Å². The summed E-state index contributed by atoms with van der Waals surface area (Å²) in [5, 5.41) is 18.1. The van der Waals surface area contributed by atoms with Crippen LogP contribution in [-0.2, 0) is 7.05 Å². The molecule has 8 nitrogen and oxygen atoms in total. The molecule has 3 N–H and O–H groups in total. The Morgan fingerprint density at radius 2 is 2.07 bits per heavy atom. The Balaban J connectivity index is 1.50. The molecule has 0 saturated carbocycles. The summed E-state index contributed by atoms with van der Waals surface area (Å²) in [5.74, 6) is 1.19. The first-order chi connectivity index (χ1) is 13.1. The number of piperidine rings is 1. The number of carbonyl (C=O) groups is 1. The Morgan fingerprint density at radius 1 is 1.30 bits per heavy atom. The number of hydrogen-bond donors (Lipinski definition) is 3. The lowest BCUT2D eigenvalue weighted by atomic mass is 9.98. The molecule has 0 atom stereocenters. The van der Waals surface area contributed by atoms with Gasteiger partial charge in [0.15, 0.2) is 5.82 Å². The molecule has 3 aromatic rings. The molecule has 3 heterocycles. The summed E-state index contributed by atoms with van der Waals surface area (Å²) in [6.07, 6.45) is 2.00. The van der Waals surface area contributed by atoms with Gasteiger partial charge in [-0.25, -0.2) is 4.68 Å². The van der Waals surface area contributed by atoms with Crippen molar-refractivity contribution in [1.29, 1.82) is 0 Å². The molecule has 1 aromatic carbocycles. The number of nitrogens with one attached hydrogen (secondary N) is 3. The van der Waals surface area contributed by atoms with Crippen LogP contribution in [0.2, 0.25) is 5.02 Å². The van der Waals surface area contributed by atoms with Crippen LogP contribution in [-0.4, -0.2) is 44.0 Å². The van der Waals surface area contributed by atoms with Crippen LogP contribution in [0.3, 0.4) is 0 Å². The number of aromatic nitrogens is 5. The third-order valence-electron chi connectivity index (χ3n) is 4.68. The molecule has 2 aromatic heterocycles. The van der Waals surface area contributed by atoms with Crippen LogP contribution in [0.1, 0.15) is 35.1 Å². The van der Waals surface area contributed by atoms with E-state index in [1.165, 1.54) is 0 Å². The maximum atomic E-state index is 12.6. The maximum Gasteiger partial charge on any atom is 0.276 e. The van der Waals surface area contributed by atoms with Crippen LogP contribution in [0.25, 0.3) is 11.3 Å². The number of rotatable bonds is 4. The van der Waals surface area contributed by atoms with Gasteiger partial charge in [0.2, 0.25) is 5.95 Å². The standard InChI is InChI=1S/C18H20ClN7O/c1-26-18(21-16(25-26)11-6-8-20-9-7-11)22-17(27)15-10-14(23-24-15)12-4-2-3-5-13(12)19/h2-5,10-11,20H,6-9H2,1H3,(H,23,24)(H,21,22,25,27). The highest BCUT2D eigenvalue weighted by atomic mass is 35.5. The molecule has 9 heteroatoms. The second-order valence-electron chi connectivity index (χ2n) is 6.54. The van der Waals surface area contributed by atoms with E-state index in [2.05, 4.69) is 30.9 Å². The van der Waals surface area contributed by atoms with Crippen LogP contribution in [0, 0.1) is 0 Å². The molecule has 1 fully saturated rings. The van der Waals surface area contributed by atoms with Gasteiger partial charge in [0, 0.05) is 18.5 Å². The minimum atomic E-state index is -0.326. The van der Waals surface area contributed by atoms with Gasteiger partial charge >= 0.3 is 0 Å². The molecule has 0 spiro atoms. The number of H-pyrrole nitrogens is 1. The minimum absolute atomic E-state index is 0.321. The zero-order valence-electron chi connectivity index (χ0n) is 14.9.